The standard InChI is InChI=1S/C8H11N3O/c12-6-11-4-2-7(5-11)8-1-3-9-10-8/h1,3,6-7H,2,4-5H2,(H,9,10)/t7-/m1/s1. The molecule has 0 saturated carbocycles. The lowest BCUT2D eigenvalue weighted by atomic mass is 10.1. The summed E-state index contributed by atoms with van der Waals surface area (Å²) < 4.78 is 0. The molecule has 1 aromatic heterocycles. The van der Waals surface area contributed by atoms with Crippen LogP contribution in [-0.2, 0) is 4.79 Å². The van der Waals surface area contributed by atoms with Crippen LogP contribution in [0.3, 0.4) is 0 Å². The topological polar surface area (TPSA) is 49.0 Å². The molecule has 1 N–H and O–H groups in total. The van der Waals surface area contributed by atoms with Crippen molar-refractivity contribution < 1.29 is 4.79 Å². The minimum Gasteiger partial charge on any atom is -0.345 e. The number of aromatic amines is 1. The zero-order chi connectivity index (χ0) is 8.39. The average Bonchev–Trinajstić information content (AvgIpc) is 2.75. The summed E-state index contributed by atoms with van der Waals surface area (Å²) in [4.78, 5) is 12.2. The lowest BCUT2D eigenvalue weighted by Crippen LogP contribution is -2.17. The second-order valence-corrected chi connectivity index (χ2v) is 3.10. The minimum absolute atomic E-state index is 0.456. The van der Waals surface area contributed by atoms with E-state index in [2.05, 4.69) is 10.2 Å². The van der Waals surface area contributed by atoms with Crippen molar-refractivity contribution in [3.8, 4) is 0 Å². The molecule has 2 heterocycles. The molecule has 4 nitrogen and oxygen atoms in total. The third-order valence-corrected chi connectivity index (χ3v) is 2.33. The number of carbonyl (C=O) groups is 1. The van der Waals surface area contributed by atoms with Crippen LogP contribution in [0.5, 0.6) is 0 Å². The molecule has 0 aliphatic carbocycles. The number of likely N-dealkylation sites (tertiary alicyclic amines) is 1. The fourth-order valence-electron chi connectivity index (χ4n) is 1.63. The lowest BCUT2D eigenvalue weighted by molar-refractivity contribution is -0.117. The Morgan fingerprint density at radius 3 is 3.25 bits per heavy atom. The number of carbonyl (C=O) groups excluding carboxylic acids is 1. The smallest absolute Gasteiger partial charge is 0.209 e. The molecule has 1 saturated heterocycles. The van der Waals surface area contributed by atoms with Crippen molar-refractivity contribution in [1.29, 1.82) is 0 Å². The molecule has 0 spiro atoms. The van der Waals surface area contributed by atoms with Gasteiger partial charge in [0.25, 0.3) is 0 Å². The molecule has 1 amide bonds. The van der Waals surface area contributed by atoms with Crippen molar-refractivity contribution in [2.75, 3.05) is 13.1 Å². The van der Waals surface area contributed by atoms with Gasteiger partial charge in [-0.25, -0.2) is 0 Å². The summed E-state index contributed by atoms with van der Waals surface area (Å²) in [7, 11) is 0. The van der Waals surface area contributed by atoms with Gasteiger partial charge in [-0.15, -0.1) is 0 Å². The summed E-state index contributed by atoms with van der Waals surface area (Å²) in [5.74, 6) is 0.456. The van der Waals surface area contributed by atoms with Crippen LogP contribution in [0.1, 0.15) is 18.0 Å². The molecule has 1 aliphatic heterocycles. The Morgan fingerprint density at radius 2 is 2.67 bits per heavy atom. The Kier molecular flexibility index (Phi) is 1.81. The molecule has 1 aromatic rings. The van der Waals surface area contributed by atoms with E-state index in [1.807, 2.05) is 6.07 Å². The van der Waals surface area contributed by atoms with Crippen LogP contribution >= 0.6 is 0 Å². The molecule has 0 aromatic carbocycles. The summed E-state index contributed by atoms with van der Waals surface area (Å²) in [6, 6.07) is 1.97. The van der Waals surface area contributed by atoms with E-state index in [0.29, 0.717) is 5.92 Å². The van der Waals surface area contributed by atoms with Gasteiger partial charge in [-0.05, 0) is 12.5 Å². The highest BCUT2D eigenvalue weighted by atomic mass is 16.1. The molecule has 1 aliphatic rings. The van der Waals surface area contributed by atoms with Gasteiger partial charge in [0.05, 0.1) is 0 Å². The molecule has 2 rings (SSSR count). The van der Waals surface area contributed by atoms with Crippen LogP contribution in [0.4, 0.5) is 0 Å². The van der Waals surface area contributed by atoms with Gasteiger partial charge in [0.2, 0.25) is 6.41 Å². The monoisotopic (exact) mass is 165 g/mol. The van der Waals surface area contributed by atoms with Crippen molar-refractivity contribution in [2.24, 2.45) is 0 Å². The number of hydrogen-bond donors (Lipinski definition) is 1. The van der Waals surface area contributed by atoms with Crippen molar-refractivity contribution in [3.05, 3.63) is 18.0 Å². The SMILES string of the molecule is O=CN1CC[C@@H](c2ccn[nH]2)C1. The molecule has 64 valence electrons. The summed E-state index contributed by atoms with van der Waals surface area (Å²) in [6.07, 6.45) is 3.70. The van der Waals surface area contributed by atoms with Crippen LogP contribution < -0.4 is 0 Å². The third kappa shape index (κ3) is 1.20. The van der Waals surface area contributed by atoms with Gasteiger partial charge < -0.3 is 4.90 Å². The average molecular weight is 165 g/mol. The predicted octanol–water partition coefficient (Wildman–Crippen LogP) is 0.355. The predicted molar refractivity (Wildman–Crippen MR) is 43.6 cm³/mol. The largest absolute Gasteiger partial charge is 0.345 e. The number of rotatable bonds is 2. The Bertz CT molecular complexity index is 257. The molecule has 1 fully saturated rings. The van der Waals surface area contributed by atoms with E-state index in [1.165, 1.54) is 0 Å². The molecule has 0 radical (unpaired) electrons. The number of hydrogen-bond acceptors (Lipinski definition) is 2. The number of nitrogens with zero attached hydrogens (tertiary/aromatic N) is 2. The first kappa shape index (κ1) is 7.34. The van der Waals surface area contributed by atoms with Crippen molar-refractivity contribution >= 4 is 6.41 Å². The van der Waals surface area contributed by atoms with Gasteiger partial charge in [-0.3, -0.25) is 9.89 Å². The van der Waals surface area contributed by atoms with Crippen LogP contribution in [0.2, 0.25) is 0 Å². The third-order valence-electron chi connectivity index (χ3n) is 2.33. The second-order valence-electron chi connectivity index (χ2n) is 3.10. The fourth-order valence-corrected chi connectivity index (χ4v) is 1.63. The summed E-state index contributed by atoms with van der Waals surface area (Å²) >= 11 is 0. The van der Waals surface area contributed by atoms with Crippen LogP contribution in [0, 0.1) is 0 Å². The van der Waals surface area contributed by atoms with E-state index in [0.717, 1.165) is 31.6 Å². The maximum atomic E-state index is 10.4. The Hall–Kier alpha value is -1.32. The number of aromatic nitrogens is 2. The maximum Gasteiger partial charge on any atom is 0.209 e. The highest BCUT2D eigenvalue weighted by Crippen LogP contribution is 2.23. The molecule has 0 unspecified atom stereocenters. The van der Waals surface area contributed by atoms with Gasteiger partial charge in [-0.2, -0.15) is 5.10 Å². The lowest BCUT2D eigenvalue weighted by Gasteiger charge is -2.07. The normalized spacial score (nSPS) is 23.0. The number of nitrogens with one attached hydrogen (secondary N) is 1. The van der Waals surface area contributed by atoms with Crippen LogP contribution in [-0.4, -0.2) is 34.6 Å². The number of H-pyrrole nitrogens is 1. The van der Waals surface area contributed by atoms with Crippen molar-refractivity contribution in [1.82, 2.24) is 15.1 Å². The molecular weight excluding hydrogens is 154 g/mol. The van der Waals surface area contributed by atoms with E-state index in [9.17, 15) is 4.79 Å². The van der Waals surface area contributed by atoms with Crippen LogP contribution in [0.25, 0.3) is 0 Å². The van der Waals surface area contributed by atoms with E-state index >= 15 is 0 Å². The van der Waals surface area contributed by atoms with Crippen molar-refractivity contribution in [3.63, 3.8) is 0 Å². The molecule has 12 heavy (non-hydrogen) atoms. The zero-order valence-electron chi connectivity index (χ0n) is 6.73. The highest BCUT2D eigenvalue weighted by molar-refractivity contribution is 5.48. The Balaban J connectivity index is 2.04. The summed E-state index contributed by atoms with van der Waals surface area (Å²) in [5, 5.41) is 6.82. The van der Waals surface area contributed by atoms with Gasteiger partial charge in [-0.1, -0.05) is 0 Å². The highest BCUT2D eigenvalue weighted by Gasteiger charge is 2.23. The molecule has 1 atom stereocenters. The van der Waals surface area contributed by atoms with Gasteiger partial charge in [0.15, 0.2) is 0 Å². The van der Waals surface area contributed by atoms with Gasteiger partial charge in [0.1, 0.15) is 0 Å². The molecule has 4 heteroatoms. The first-order valence-electron chi connectivity index (χ1n) is 4.09. The van der Waals surface area contributed by atoms with E-state index < -0.39 is 0 Å². The molecule has 0 bridgehead atoms. The van der Waals surface area contributed by atoms with Gasteiger partial charge >= 0.3 is 0 Å². The van der Waals surface area contributed by atoms with E-state index in [1.54, 1.807) is 11.1 Å². The minimum atomic E-state index is 0.456. The molecular formula is C8H11N3O. The quantitative estimate of drug-likeness (QED) is 0.643. The van der Waals surface area contributed by atoms with E-state index in [-0.39, 0.29) is 0 Å². The summed E-state index contributed by atoms with van der Waals surface area (Å²) in [5.41, 5.74) is 1.14. The van der Waals surface area contributed by atoms with Crippen LogP contribution in [0.15, 0.2) is 12.3 Å². The first-order chi connectivity index (χ1) is 5.90. The number of amides is 1. The fraction of sp³-hybridized carbons (Fsp3) is 0.500. The summed E-state index contributed by atoms with van der Waals surface area (Å²) in [6.45, 7) is 1.69. The Labute approximate surface area is 70.6 Å². The zero-order valence-corrected chi connectivity index (χ0v) is 6.73. The van der Waals surface area contributed by atoms with E-state index in [4.69, 9.17) is 0 Å². The van der Waals surface area contributed by atoms with Gasteiger partial charge in [0, 0.05) is 30.9 Å². The first-order valence-corrected chi connectivity index (χ1v) is 4.09. The second kappa shape index (κ2) is 2.97. The Morgan fingerprint density at radius 1 is 1.75 bits per heavy atom. The van der Waals surface area contributed by atoms with Crippen molar-refractivity contribution in [2.45, 2.75) is 12.3 Å². The maximum absolute atomic E-state index is 10.4.